The molecule has 3 saturated heterocycles. The Morgan fingerprint density at radius 1 is 1.04 bits per heavy atom. The van der Waals surface area contributed by atoms with Gasteiger partial charge in [0.25, 0.3) is 0 Å². The molecule has 2 bridgehead atoms. The number of unbranched alkanes of at least 4 members (excludes halogenated alkanes) is 1. The number of nitrogens with zero attached hydrogens (tertiary/aromatic N) is 3. The van der Waals surface area contributed by atoms with Crippen molar-refractivity contribution >= 4 is 35.2 Å². The van der Waals surface area contributed by atoms with E-state index in [0.717, 1.165) is 17.7 Å². The zero-order valence-electron chi connectivity index (χ0n) is 26.4. The molecular weight excluding hydrogens is 586 g/mol. The Bertz CT molecular complexity index is 1400. The third-order valence-electron chi connectivity index (χ3n) is 9.50. The second-order valence-electron chi connectivity index (χ2n) is 12.3. The first-order valence-electron chi connectivity index (χ1n) is 15.9. The number of carbonyl (C=O) groups excluding carboxylic acids is 3. The number of aliphatic hydroxyl groups excluding tert-OH is 1. The van der Waals surface area contributed by atoms with E-state index in [-0.39, 0.29) is 24.3 Å². The third kappa shape index (κ3) is 6.04. The second kappa shape index (κ2) is 13.8. The van der Waals surface area contributed by atoms with E-state index < -0.39 is 27.4 Å². The maximum atomic E-state index is 14.7. The van der Waals surface area contributed by atoms with Gasteiger partial charge in [-0.25, -0.2) is 0 Å². The Morgan fingerprint density at radius 3 is 2.40 bits per heavy atom. The van der Waals surface area contributed by atoms with Gasteiger partial charge in [0.15, 0.2) is 0 Å². The van der Waals surface area contributed by atoms with Crippen molar-refractivity contribution in [1.29, 1.82) is 0 Å². The van der Waals surface area contributed by atoms with Gasteiger partial charge in [0, 0.05) is 43.2 Å². The number of hydrogen-bond donors (Lipinski definition) is 1. The lowest BCUT2D eigenvalue weighted by molar-refractivity contribution is -0.143. The Kier molecular flexibility index (Phi) is 10.1. The zero-order valence-corrected chi connectivity index (χ0v) is 27.2. The molecule has 2 aromatic carbocycles. The topological polar surface area (TPSA) is 90.4 Å². The summed E-state index contributed by atoms with van der Waals surface area (Å²) >= 11 is 1.67. The quantitative estimate of drug-likeness (QED) is 0.218. The fourth-order valence-electron chi connectivity index (χ4n) is 7.59. The van der Waals surface area contributed by atoms with E-state index in [4.69, 9.17) is 4.74 Å². The minimum Gasteiger partial charge on any atom is -0.494 e. The predicted molar refractivity (Wildman–Crippen MR) is 179 cm³/mol. The molecule has 3 aliphatic rings. The number of ether oxygens (including phenoxy) is 1. The molecule has 8 nitrogen and oxygen atoms in total. The molecule has 5 atom stereocenters. The van der Waals surface area contributed by atoms with Crippen molar-refractivity contribution in [1.82, 2.24) is 9.80 Å². The monoisotopic (exact) mass is 631 g/mol. The zero-order chi connectivity index (χ0) is 32.2. The van der Waals surface area contributed by atoms with Gasteiger partial charge in [0.1, 0.15) is 11.8 Å². The summed E-state index contributed by atoms with van der Waals surface area (Å²) in [6, 6.07) is 16.5. The van der Waals surface area contributed by atoms with Crippen molar-refractivity contribution in [2.45, 2.75) is 61.6 Å². The summed E-state index contributed by atoms with van der Waals surface area (Å²) in [5.41, 5.74) is 1.71. The van der Waals surface area contributed by atoms with Crippen LogP contribution >= 0.6 is 11.8 Å². The lowest BCUT2D eigenvalue weighted by Gasteiger charge is -2.38. The van der Waals surface area contributed by atoms with Crippen LogP contribution < -0.4 is 9.64 Å². The van der Waals surface area contributed by atoms with E-state index in [2.05, 4.69) is 20.1 Å². The van der Waals surface area contributed by atoms with Crippen LogP contribution in [0.5, 0.6) is 5.75 Å². The van der Waals surface area contributed by atoms with Crippen molar-refractivity contribution in [3.8, 4) is 5.75 Å². The minimum atomic E-state index is -0.725. The smallest absolute Gasteiger partial charge is 0.247 e. The Labute approximate surface area is 271 Å². The molecule has 9 heteroatoms. The van der Waals surface area contributed by atoms with Gasteiger partial charge in [-0.1, -0.05) is 42.5 Å². The molecule has 45 heavy (non-hydrogen) atoms. The summed E-state index contributed by atoms with van der Waals surface area (Å²) in [5, 5.41) is 9.52. The van der Waals surface area contributed by atoms with Gasteiger partial charge >= 0.3 is 0 Å². The Morgan fingerprint density at radius 2 is 1.76 bits per heavy atom. The number of amides is 3. The van der Waals surface area contributed by atoms with Gasteiger partial charge in [0.05, 0.1) is 23.2 Å². The summed E-state index contributed by atoms with van der Waals surface area (Å²) < 4.78 is 4.39. The van der Waals surface area contributed by atoms with Crippen LogP contribution in [-0.2, 0) is 20.9 Å². The van der Waals surface area contributed by atoms with Gasteiger partial charge in [-0.3, -0.25) is 14.4 Å². The number of aliphatic hydroxyl groups is 1. The lowest BCUT2D eigenvalue weighted by atomic mass is 9.66. The molecule has 3 amide bonds. The van der Waals surface area contributed by atoms with Crippen LogP contribution in [0.2, 0.25) is 0 Å². The van der Waals surface area contributed by atoms with Gasteiger partial charge in [0.2, 0.25) is 17.7 Å². The van der Waals surface area contributed by atoms with E-state index in [9.17, 15) is 19.5 Å². The van der Waals surface area contributed by atoms with Crippen LogP contribution in [0, 0.1) is 11.8 Å². The Balaban J connectivity index is 1.52. The van der Waals surface area contributed by atoms with E-state index in [0.29, 0.717) is 57.7 Å². The number of carbonyl (C=O) groups is 3. The molecule has 3 aliphatic heterocycles. The van der Waals surface area contributed by atoms with Crippen LogP contribution in [-0.4, -0.2) is 81.0 Å². The van der Waals surface area contributed by atoms with Crippen LogP contribution in [0.15, 0.2) is 79.9 Å². The van der Waals surface area contributed by atoms with E-state index in [1.165, 1.54) is 0 Å². The minimum absolute atomic E-state index is 0.0122. The summed E-state index contributed by atoms with van der Waals surface area (Å²) in [6.45, 7) is 13.8. The summed E-state index contributed by atoms with van der Waals surface area (Å²) in [6.07, 6.45) is 5.94. The van der Waals surface area contributed by atoms with E-state index in [1.807, 2.05) is 61.5 Å². The van der Waals surface area contributed by atoms with Crippen LogP contribution in [0.4, 0.5) is 5.69 Å². The molecule has 2 aromatic rings. The van der Waals surface area contributed by atoms with Gasteiger partial charge in [-0.15, -0.1) is 24.9 Å². The number of hydrogen-bond acceptors (Lipinski definition) is 6. The Hall–Kier alpha value is -3.56. The average Bonchev–Trinajstić information content (AvgIpc) is 3.61. The standard InChI is InChI=1S/C36H45N3O5S/c1-5-21-37(25-26-13-9-8-10-14-26)34(43)31-36-20-19-35(4,45-36)29(30(36)33(42)39(31)23-11-12-24-40)32(41)38(22-6-2)27-15-17-28(18-16-27)44-7-3/h5-6,8-10,13-18,29-31,40H,1-2,7,11-12,19-25H2,3-4H3/t29-,30+,31?,35+,36?/m1/s1. The lowest BCUT2D eigenvalue weighted by Crippen LogP contribution is -2.55. The molecule has 0 saturated carbocycles. The third-order valence-corrected chi connectivity index (χ3v) is 11.5. The normalized spacial score (nSPS) is 26.4. The largest absolute Gasteiger partial charge is 0.494 e. The first kappa shape index (κ1) is 32.8. The maximum absolute atomic E-state index is 14.7. The molecule has 0 aromatic heterocycles. The highest BCUT2D eigenvalue weighted by atomic mass is 32.2. The second-order valence-corrected chi connectivity index (χ2v) is 14.2. The molecule has 3 fully saturated rings. The van der Waals surface area contributed by atoms with Crippen LogP contribution in [0.25, 0.3) is 0 Å². The van der Waals surface area contributed by atoms with Crippen molar-refractivity contribution in [2.24, 2.45) is 11.8 Å². The van der Waals surface area contributed by atoms with E-state index >= 15 is 0 Å². The summed E-state index contributed by atoms with van der Waals surface area (Å²) in [7, 11) is 0. The van der Waals surface area contributed by atoms with Gasteiger partial charge < -0.3 is 24.5 Å². The SMILES string of the molecule is C=CCN(Cc1ccccc1)C(=O)C1N(CCCCO)C(=O)[C@@H]2[C@H](C(=O)N(CC=C)c3ccc(OCC)cc3)[C@]3(C)CCC12S3. The van der Waals surface area contributed by atoms with Crippen molar-refractivity contribution in [2.75, 3.05) is 37.7 Å². The van der Waals surface area contributed by atoms with E-state index in [1.54, 1.807) is 38.6 Å². The van der Waals surface area contributed by atoms with Crippen LogP contribution in [0.1, 0.15) is 45.1 Å². The van der Waals surface area contributed by atoms with Gasteiger partial charge in [-0.05, 0) is 69.4 Å². The molecule has 1 spiro atoms. The number of fused-ring (bicyclic) bond motifs is 1. The molecule has 5 rings (SSSR count). The fourth-order valence-corrected chi connectivity index (χ4v) is 9.93. The highest BCUT2D eigenvalue weighted by Gasteiger charge is 2.77. The molecule has 240 valence electrons. The molecule has 2 unspecified atom stereocenters. The molecular formula is C36H45N3O5S. The predicted octanol–water partition coefficient (Wildman–Crippen LogP) is 5.07. The number of thioether (sulfide) groups is 1. The maximum Gasteiger partial charge on any atom is 0.247 e. The summed E-state index contributed by atoms with van der Waals surface area (Å²) in [5.74, 6) is -0.879. The highest BCUT2D eigenvalue weighted by Crippen LogP contribution is 2.71. The summed E-state index contributed by atoms with van der Waals surface area (Å²) in [4.78, 5) is 49.1. The number of likely N-dealkylation sites (tertiary alicyclic amines) is 1. The van der Waals surface area contributed by atoms with Crippen molar-refractivity contribution in [3.05, 3.63) is 85.5 Å². The average molecular weight is 632 g/mol. The number of anilines is 1. The highest BCUT2D eigenvalue weighted by molar-refractivity contribution is 8.02. The molecule has 3 heterocycles. The van der Waals surface area contributed by atoms with Crippen LogP contribution in [0.3, 0.4) is 0 Å². The molecule has 0 radical (unpaired) electrons. The first-order chi connectivity index (χ1) is 21.7. The number of rotatable bonds is 15. The van der Waals surface area contributed by atoms with Gasteiger partial charge in [-0.2, -0.15) is 0 Å². The van der Waals surface area contributed by atoms with Crippen molar-refractivity contribution < 1.29 is 24.2 Å². The van der Waals surface area contributed by atoms with Crippen molar-refractivity contribution in [3.63, 3.8) is 0 Å². The fraction of sp³-hybridized carbons (Fsp3) is 0.472. The number of benzene rings is 2. The first-order valence-corrected chi connectivity index (χ1v) is 16.8. The molecule has 1 N–H and O–H groups in total. The molecule has 0 aliphatic carbocycles.